The fourth-order valence-corrected chi connectivity index (χ4v) is 4.71. The van der Waals surface area contributed by atoms with Gasteiger partial charge in [0.1, 0.15) is 11.7 Å². The van der Waals surface area contributed by atoms with Crippen molar-refractivity contribution in [2.45, 2.75) is 25.8 Å². The van der Waals surface area contributed by atoms with Gasteiger partial charge in [0, 0.05) is 23.9 Å². The maximum Gasteiger partial charge on any atom is 0.190 e. The van der Waals surface area contributed by atoms with E-state index in [4.69, 9.17) is 5.41 Å². The molecule has 136 valence electrons. The molecule has 1 saturated carbocycles. The molecule has 1 aromatic carbocycles. The lowest BCUT2D eigenvalue weighted by Gasteiger charge is -2.55. The molecule has 5 nitrogen and oxygen atoms in total. The van der Waals surface area contributed by atoms with Crippen molar-refractivity contribution < 1.29 is 4.39 Å². The second-order valence-corrected chi connectivity index (χ2v) is 7.69. The van der Waals surface area contributed by atoms with Gasteiger partial charge in [-0.3, -0.25) is 4.90 Å². The molecule has 0 unspecified atom stereocenters. The number of benzene rings is 1. The third kappa shape index (κ3) is 2.47. The van der Waals surface area contributed by atoms with E-state index in [-0.39, 0.29) is 11.8 Å². The standard InChI is InChI=1S/C21H20FN5/c1-13-8-17-16(9-23)19(26)21(10-24,11-25)18(20(17,2)12-27(13)3)14-4-6-15(22)7-5-14/h4-8,13,16,18,26H,12H2,1-3H3/t13-,16-,18+,20+/m0/s1. The first-order chi connectivity index (χ1) is 12.7. The minimum Gasteiger partial charge on any atom is -0.305 e. The van der Waals surface area contributed by atoms with Crippen LogP contribution in [0.25, 0.3) is 0 Å². The number of likely N-dealkylation sites (N-methyl/N-ethyl adjacent to an activating group) is 1. The number of rotatable bonds is 1. The number of nitriles is 3. The molecule has 0 amide bonds. The lowest BCUT2D eigenvalue weighted by atomic mass is 9.48. The maximum absolute atomic E-state index is 13.5. The van der Waals surface area contributed by atoms with Crippen LogP contribution >= 0.6 is 0 Å². The summed E-state index contributed by atoms with van der Waals surface area (Å²) in [5, 5.41) is 38.4. The average Bonchev–Trinajstić information content (AvgIpc) is 2.65. The number of hydrogen-bond donors (Lipinski definition) is 1. The van der Waals surface area contributed by atoms with Crippen LogP contribution in [0.1, 0.15) is 25.3 Å². The highest BCUT2D eigenvalue weighted by Gasteiger charge is 2.63. The number of nitrogens with zero attached hydrogens (tertiary/aromatic N) is 4. The van der Waals surface area contributed by atoms with Crippen molar-refractivity contribution >= 4 is 5.71 Å². The number of halogens is 1. The fourth-order valence-electron chi connectivity index (χ4n) is 4.71. The molecule has 6 heteroatoms. The SMILES string of the molecule is C[C@H]1C=C2[C@H](C#N)C(=N)C(C#N)(C#N)[C@H](c3ccc(F)cc3)[C@]2(C)CN1C. The predicted octanol–water partition coefficient (Wildman–Crippen LogP) is 3.38. The molecule has 1 aliphatic carbocycles. The van der Waals surface area contributed by atoms with E-state index in [1.165, 1.54) is 12.1 Å². The zero-order chi connectivity index (χ0) is 20.0. The third-order valence-corrected chi connectivity index (χ3v) is 6.13. The predicted molar refractivity (Wildman–Crippen MR) is 97.9 cm³/mol. The minimum atomic E-state index is -1.79. The zero-order valence-corrected chi connectivity index (χ0v) is 15.5. The first-order valence-corrected chi connectivity index (χ1v) is 8.74. The van der Waals surface area contributed by atoms with Crippen LogP contribution in [0.2, 0.25) is 0 Å². The van der Waals surface area contributed by atoms with Crippen LogP contribution in [0.5, 0.6) is 0 Å². The molecule has 1 aromatic rings. The van der Waals surface area contributed by atoms with E-state index >= 15 is 0 Å². The third-order valence-electron chi connectivity index (χ3n) is 6.13. The highest BCUT2D eigenvalue weighted by atomic mass is 19.1. The highest BCUT2D eigenvalue weighted by Crippen LogP contribution is 2.60. The molecular formula is C21H20FN5. The van der Waals surface area contributed by atoms with E-state index < -0.39 is 28.5 Å². The van der Waals surface area contributed by atoms with Crippen molar-refractivity contribution in [2.24, 2.45) is 16.7 Å². The van der Waals surface area contributed by atoms with Gasteiger partial charge in [0.05, 0.1) is 23.9 Å². The van der Waals surface area contributed by atoms with Gasteiger partial charge in [0.15, 0.2) is 5.41 Å². The summed E-state index contributed by atoms with van der Waals surface area (Å²) in [6, 6.07) is 12.1. The van der Waals surface area contributed by atoms with Gasteiger partial charge in [0.2, 0.25) is 0 Å². The van der Waals surface area contributed by atoms with E-state index in [0.717, 1.165) is 5.57 Å². The molecule has 3 rings (SSSR count). The van der Waals surface area contributed by atoms with Crippen molar-refractivity contribution in [1.82, 2.24) is 4.90 Å². The van der Waals surface area contributed by atoms with E-state index in [0.29, 0.717) is 12.1 Å². The Morgan fingerprint density at radius 3 is 2.30 bits per heavy atom. The quantitative estimate of drug-likeness (QED) is 0.775. The van der Waals surface area contributed by atoms with Gasteiger partial charge >= 0.3 is 0 Å². The second-order valence-electron chi connectivity index (χ2n) is 7.69. The Bertz CT molecular complexity index is 929. The Hall–Kier alpha value is -3.01. The van der Waals surface area contributed by atoms with E-state index in [9.17, 15) is 20.2 Å². The van der Waals surface area contributed by atoms with Gasteiger partial charge in [0.25, 0.3) is 0 Å². The number of hydrogen-bond acceptors (Lipinski definition) is 5. The van der Waals surface area contributed by atoms with Crippen LogP contribution in [0, 0.1) is 62.0 Å². The summed E-state index contributed by atoms with van der Waals surface area (Å²) in [5.41, 5.74) is -1.29. The first kappa shape index (κ1) is 18.8. The lowest BCUT2D eigenvalue weighted by molar-refractivity contribution is 0.119. The summed E-state index contributed by atoms with van der Waals surface area (Å²) in [6.45, 7) is 4.47. The van der Waals surface area contributed by atoms with Gasteiger partial charge in [-0.05, 0) is 37.2 Å². The Morgan fingerprint density at radius 2 is 1.78 bits per heavy atom. The smallest absolute Gasteiger partial charge is 0.190 e. The van der Waals surface area contributed by atoms with Gasteiger partial charge in [-0.25, -0.2) is 4.39 Å². The Morgan fingerprint density at radius 1 is 1.19 bits per heavy atom. The highest BCUT2D eigenvalue weighted by molar-refractivity contribution is 6.01. The maximum atomic E-state index is 13.5. The van der Waals surface area contributed by atoms with Gasteiger partial charge in [-0.15, -0.1) is 0 Å². The van der Waals surface area contributed by atoms with Gasteiger partial charge in [-0.1, -0.05) is 25.1 Å². The molecule has 2 aliphatic rings. The fraction of sp³-hybridized carbons (Fsp3) is 0.429. The van der Waals surface area contributed by atoms with Crippen LogP contribution in [-0.2, 0) is 0 Å². The summed E-state index contributed by atoms with van der Waals surface area (Å²) in [5.74, 6) is -2.00. The van der Waals surface area contributed by atoms with E-state index in [1.807, 2.05) is 27.0 Å². The van der Waals surface area contributed by atoms with Crippen LogP contribution in [-0.4, -0.2) is 30.2 Å². The molecular weight excluding hydrogens is 341 g/mol. The molecule has 1 N–H and O–H groups in total. The average molecular weight is 361 g/mol. The molecule has 0 radical (unpaired) electrons. The minimum absolute atomic E-state index is 0.0715. The molecule has 0 aromatic heterocycles. The van der Waals surface area contributed by atoms with Crippen LogP contribution in [0.4, 0.5) is 4.39 Å². The zero-order valence-electron chi connectivity index (χ0n) is 15.5. The van der Waals surface area contributed by atoms with Crippen molar-refractivity contribution in [3.8, 4) is 18.2 Å². The molecule has 1 aliphatic heterocycles. The Labute approximate surface area is 158 Å². The van der Waals surface area contributed by atoms with Crippen molar-refractivity contribution in [2.75, 3.05) is 13.6 Å². The molecule has 0 saturated heterocycles. The molecule has 1 heterocycles. The molecule has 27 heavy (non-hydrogen) atoms. The molecule has 0 spiro atoms. The van der Waals surface area contributed by atoms with E-state index in [2.05, 4.69) is 23.1 Å². The number of fused-ring (bicyclic) bond motifs is 1. The molecule has 1 fully saturated rings. The summed E-state index contributed by atoms with van der Waals surface area (Å²) in [4.78, 5) is 2.10. The normalized spacial score (nSPS) is 32.4. The summed E-state index contributed by atoms with van der Waals surface area (Å²) in [7, 11) is 1.95. The monoisotopic (exact) mass is 361 g/mol. The van der Waals surface area contributed by atoms with Crippen molar-refractivity contribution in [1.29, 1.82) is 21.2 Å². The number of nitrogens with one attached hydrogen (secondary N) is 1. The topological polar surface area (TPSA) is 98.5 Å². The summed E-state index contributed by atoms with van der Waals surface area (Å²) < 4.78 is 13.5. The molecule has 4 atom stereocenters. The summed E-state index contributed by atoms with van der Waals surface area (Å²) in [6.07, 6.45) is 1.97. The van der Waals surface area contributed by atoms with Gasteiger partial charge < -0.3 is 5.41 Å². The molecule has 0 bridgehead atoms. The van der Waals surface area contributed by atoms with Crippen LogP contribution in [0.15, 0.2) is 35.9 Å². The van der Waals surface area contributed by atoms with Crippen LogP contribution < -0.4 is 0 Å². The van der Waals surface area contributed by atoms with Crippen molar-refractivity contribution in [3.63, 3.8) is 0 Å². The summed E-state index contributed by atoms with van der Waals surface area (Å²) >= 11 is 0. The van der Waals surface area contributed by atoms with Gasteiger partial charge in [-0.2, -0.15) is 15.8 Å². The Balaban J connectivity index is 2.36. The Kier molecular flexibility index (Phi) is 4.38. The van der Waals surface area contributed by atoms with Crippen LogP contribution in [0.3, 0.4) is 0 Å². The second kappa shape index (κ2) is 6.31. The largest absolute Gasteiger partial charge is 0.305 e. The van der Waals surface area contributed by atoms with Crippen molar-refractivity contribution in [3.05, 3.63) is 47.3 Å². The van der Waals surface area contributed by atoms with E-state index in [1.54, 1.807) is 12.1 Å². The lowest BCUT2D eigenvalue weighted by Crippen LogP contribution is -2.58. The first-order valence-electron chi connectivity index (χ1n) is 8.74.